The zero-order chi connectivity index (χ0) is 14.8. The number of nitrogens with zero attached hydrogens (tertiary/aromatic N) is 1. The maximum Gasteiger partial charge on any atom is -1.00 e. The molecule has 0 saturated heterocycles. The van der Waals surface area contributed by atoms with E-state index >= 15 is 0 Å². The topological polar surface area (TPSA) is 13.1 Å². The van der Waals surface area contributed by atoms with E-state index in [4.69, 9.17) is 16.3 Å². The van der Waals surface area contributed by atoms with E-state index in [9.17, 15) is 0 Å². The fourth-order valence-electron chi connectivity index (χ4n) is 2.24. The molecule has 116 valence electrons. The van der Waals surface area contributed by atoms with Crippen LogP contribution in [0.4, 0.5) is 0 Å². The maximum absolute atomic E-state index is 6.46. The van der Waals surface area contributed by atoms with Crippen molar-refractivity contribution in [2.75, 3.05) is 7.11 Å². The van der Waals surface area contributed by atoms with Crippen LogP contribution in [-0.4, -0.2) is 21.6 Å². The van der Waals surface area contributed by atoms with Crippen LogP contribution in [0.1, 0.15) is 16.4 Å². The molecule has 1 aromatic carbocycles. The van der Waals surface area contributed by atoms with Gasteiger partial charge in [0.1, 0.15) is 0 Å². The molecule has 0 fully saturated rings. The van der Waals surface area contributed by atoms with Gasteiger partial charge in [-0.3, -0.25) is 0 Å². The summed E-state index contributed by atoms with van der Waals surface area (Å²) in [5.74, 6) is 0.901. The normalized spacial score (nSPS) is 11.5. The van der Waals surface area contributed by atoms with Crippen LogP contribution in [0.5, 0.6) is 5.75 Å². The predicted molar refractivity (Wildman–Crippen MR) is 91.4 cm³/mol. The molecule has 6 heteroatoms. The van der Waals surface area contributed by atoms with Gasteiger partial charge in [0.15, 0.2) is 0 Å². The number of thiophene rings is 1. The minimum Gasteiger partial charge on any atom is -1.00 e. The Morgan fingerprint density at radius 1 is 1.41 bits per heavy atom. The van der Waals surface area contributed by atoms with Crippen molar-refractivity contribution in [1.82, 2.24) is 0 Å². The second-order valence-corrected chi connectivity index (χ2v) is 8.07. The van der Waals surface area contributed by atoms with Crippen LogP contribution in [0.2, 0.25) is 0 Å². The Bertz CT molecular complexity index is 796. The smallest absolute Gasteiger partial charge is 1.00 e. The van der Waals surface area contributed by atoms with Crippen molar-refractivity contribution in [3.63, 3.8) is 0 Å². The molecule has 22 heavy (non-hydrogen) atoms. The van der Waals surface area contributed by atoms with Crippen molar-refractivity contribution in [1.29, 1.82) is 0 Å². The van der Waals surface area contributed by atoms with E-state index in [-0.39, 0.29) is 26.9 Å². The summed E-state index contributed by atoms with van der Waals surface area (Å²) in [6.07, 6.45) is 2.11. The number of hydrogen-bond donors (Lipinski definition) is 0. The van der Waals surface area contributed by atoms with Gasteiger partial charge in [-0.2, -0.15) is 0 Å². The molecule has 0 aliphatic carbocycles. The minimum atomic E-state index is 0. The van der Waals surface area contributed by atoms with Gasteiger partial charge in [-0.25, -0.2) is 0 Å². The second kappa shape index (κ2) is 7.67. The molecule has 0 unspecified atom stereocenters. The van der Waals surface area contributed by atoms with E-state index in [1.165, 1.54) is 14.3 Å². The number of aryl methyl sites for hydroxylation is 1. The molecule has 0 aliphatic heterocycles. The Kier molecular flexibility index (Phi) is 6.13. The molecule has 0 radical (unpaired) electrons. The first-order valence-corrected chi connectivity index (χ1v) is 9.61. The molecule has 0 bridgehead atoms. The van der Waals surface area contributed by atoms with Gasteiger partial charge in [-0.15, -0.1) is 0 Å². The molecule has 0 aliphatic rings. The van der Waals surface area contributed by atoms with Gasteiger partial charge in [0, 0.05) is 0 Å². The molecule has 2 nitrogen and oxygen atoms in total. The van der Waals surface area contributed by atoms with Gasteiger partial charge in [0.25, 0.3) is 0 Å². The van der Waals surface area contributed by atoms with Crippen molar-refractivity contribution < 1.29 is 21.7 Å². The van der Waals surface area contributed by atoms with Crippen LogP contribution < -0.4 is 21.7 Å². The summed E-state index contributed by atoms with van der Waals surface area (Å²) in [6.45, 7) is 3.10. The third-order valence-electron chi connectivity index (χ3n) is 3.26. The first kappa shape index (κ1) is 17.6. The Labute approximate surface area is 151 Å². The van der Waals surface area contributed by atoms with Crippen molar-refractivity contribution in [3.8, 4) is 5.75 Å². The molecule has 0 N–H and O–H groups in total. The fraction of sp³-hybridized carbons (Fsp3) is 0.188. The van der Waals surface area contributed by atoms with Crippen molar-refractivity contribution in [2.24, 2.45) is 0 Å². The summed E-state index contributed by atoms with van der Waals surface area (Å²) in [4.78, 5) is 1.12. The molecule has 2 heterocycles. The molecular weight excluding hydrogens is 404 g/mol. The summed E-state index contributed by atoms with van der Waals surface area (Å²) in [6, 6.07) is 10.4. The van der Waals surface area contributed by atoms with E-state index in [0.29, 0.717) is 0 Å². The predicted octanol–water partition coefficient (Wildman–Crippen LogP) is 1.02. The molecule has 3 aromatic rings. The zero-order valence-corrected chi connectivity index (χ0v) is 16.2. The number of methoxy groups -OCH3 is 1. The van der Waals surface area contributed by atoms with Gasteiger partial charge in [0.2, 0.25) is 0 Å². The first-order chi connectivity index (χ1) is 10.2. The summed E-state index contributed by atoms with van der Waals surface area (Å²) in [5, 5.41) is 2.87. The summed E-state index contributed by atoms with van der Waals surface area (Å²) >= 11 is 8.42. The Morgan fingerprint density at radius 3 is 2.86 bits per heavy atom. The van der Waals surface area contributed by atoms with Gasteiger partial charge in [-0.1, -0.05) is 0 Å². The number of benzene rings is 1. The number of ether oxygens (including phenoxy) is 1. The number of fused-ring (bicyclic) bond motifs is 1. The number of aromatic nitrogens is 1. The van der Waals surface area contributed by atoms with Gasteiger partial charge >= 0.3 is 139 Å². The third-order valence-corrected chi connectivity index (χ3v) is 6.92. The Hall–Kier alpha value is -0.771. The number of rotatable bonds is 4. The van der Waals surface area contributed by atoms with Gasteiger partial charge in [-0.05, 0) is 0 Å². The van der Waals surface area contributed by atoms with E-state index in [1.54, 1.807) is 18.4 Å². The molecule has 3 rings (SSSR count). The number of halogens is 2. The van der Waals surface area contributed by atoms with Gasteiger partial charge < -0.3 is 12.4 Å². The van der Waals surface area contributed by atoms with Crippen LogP contribution in [0.15, 0.2) is 35.7 Å². The van der Waals surface area contributed by atoms with Crippen LogP contribution in [0.3, 0.4) is 0 Å². The largest absolute Gasteiger partial charge is 1.00 e. The second-order valence-electron chi connectivity index (χ2n) is 4.49. The zero-order valence-electron chi connectivity index (χ0n) is 12.2. The van der Waals surface area contributed by atoms with E-state index in [2.05, 4.69) is 35.8 Å². The maximum atomic E-state index is 6.46. The van der Waals surface area contributed by atoms with Crippen molar-refractivity contribution in [3.05, 3.63) is 45.2 Å². The molecule has 2 aromatic heterocycles. The molecule has 0 amide bonds. The molecule has 0 atom stereocenters. The Morgan fingerprint density at radius 2 is 2.23 bits per heavy atom. The van der Waals surface area contributed by atoms with Crippen molar-refractivity contribution >= 4 is 58.3 Å². The quantitative estimate of drug-likeness (QED) is 0.455. The van der Waals surface area contributed by atoms with Crippen LogP contribution in [-0.2, 0) is 6.54 Å². The molecule has 0 spiro atoms. The average molecular weight is 419 g/mol. The van der Waals surface area contributed by atoms with Crippen molar-refractivity contribution in [2.45, 2.75) is 13.5 Å². The fourth-order valence-corrected chi connectivity index (χ4v) is 5.73. The molecular formula is C16H15Cl2NOSSe. The summed E-state index contributed by atoms with van der Waals surface area (Å²) < 4.78 is 10.3. The summed E-state index contributed by atoms with van der Waals surface area (Å²) in [5.41, 5.74) is 1.25. The van der Waals surface area contributed by atoms with E-state index in [1.807, 2.05) is 17.5 Å². The average Bonchev–Trinajstić information content (AvgIpc) is 3.13. The van der Waals surface area contributed by atoms with Crippen LogP contribution in [0.25, 0.3) is 20.9 Å². The van der Waals surface area contributed by atoms with E-state index in [0.717, 1.165) is 22.2 Å². The third kappa shape index (κ3) is 3.42. The minimum absolute atomic E-state index is 0. The van der Waals surface area contributed by atoms with Crippen LogP contribution in [0, 0.1) is 0 Å². The Balaban J connectivity index is 0.00000176. The summed E-state index contributed by atoms with van der Waals surface area (Å²) in [7, 11) is 1.70. The van der Waals surface area contributed by atoms with Crippen LogP contribution >= 0.6 is 22.9 Å². The molecule has 0 saturated carbocycles. The first-order valence-electron chi connectivity index (χ1n) is 6.64. The monoisotopic (exact) mass is 419 g/mol. The SMILES string of the molecule is CC[n+]1c(C=C(Cl)c2cccs2)[se]c2ccc(OC)cc21.[Cl-]. The van der Waals surface area contributed by atoms with E-state index < -0.39 is 0 Å². The number of hydrogen-bond acceptors (Lipinski definition) is 2. The standard InChI is InChI=1S/C16H15ClNOSSe.ClH/c1-3-18-13-9-11(19-2)6-7-15(13)21-16(18)10-12(17)14-5-4-8-20-14;/h4-10H,3H2,1-2H3;1H/q+1;/p-1. The van der Waals surface area contributed by atoms with Gasteiger partial charge in [0.05, 0.1) is 0 Å².